The number of alkyl halides is 1. The fourth-order valence-corrected chi connectivity index (χ4v) is 6.85. The number of carbonyl (C=O) groups is 2. The molecule has 6 nitrogen and oxygen atoms in total. The third-order valence-electron chi connectivity index (χ3n) is 7.84. The van der Waals surface area contributed by atoms with Crippen molar-refractivity contribution in [3.63, 3.8) is 0 Å². The van der Waals surface area contributed by atoms with Gasteiger partial charge >= 0.3 is 0 Å². The number of ketones is 1. The molecule has 0 bridgehead atoms. The first-order valence-electron chi connectivity index (χ1n) is 15.2. The molecule has 1 amide bonds. The van der Waals surface area contributed by atoms with Crippen molar-refractivity contribution in [2.75, 3.05) is 12.4 Å². The van der Waals surface area contributed by atoms with E-state index in [1.54, 1.807) is 30.5 Å². The first-order valence-corrected chi connectivity index (χ1v) is 16.8. The van der Waals surface area contributed by atoms with E-state index in [9.17, 15) is 23.2 Å². The Morgan fingerprint density at radius 2 is 1.57 bits per heavy atom. The molecule has 5 aromatic rings. The first-order chi connectivity index (χ1) is 22.2. The Kier molecular flexibility index (Phi) is 10.2. The highest BCUT2D eigenvalue weighted by molar-refractivity contribution is 9.10. The molecule has 0 spiro atoms. The van der Waals surface area contributed by atoms with Crippen LogP contribution in [0.15, 0.2) is 83.8 Å². The maximum atomic E-state index is 14.9. The second-order valence-electron chi connectivity index (χ2n) is 12.5. The third-order valence-corrected chi connectivity index (χ3v) is 9.52. The van der Waals surface area contributed by atoms with Crippen molar-refractivity contribution in [2.45, 2.75) is 51.7 Å². The van der Waals surface area contributed by atoms with Gasteiger partial charge in [0.15, 0.2) is 5.78 Å². The molecule has 0 saturated heterocycles. The third kappa shape index (κ3) is 7.61. The molecule has 1 N–H and O–H groups in total. The predicted octanol–water partition coefficient (Wildman–Crippen LogP) is 8.64. The Morgan fingerprint density at radius 3 is 2.17 bits per heavy atom. The van der Waals surface area contributed by atoms with E-state index in [1.165, 1.54) is 35.7 Å². The number of fused-ring (bicyclic) bond motifs is 1. The Bertz CT molecular complexity index is 1980. The van der Waals surface area contributed by atoms with Crippen molar-refractivity contribution in [1.82, 2.24) is 9.47 Å². The van der Waals surface area contributed by atoms with Gasteiger partial charge in [-0.2, -0.15) is 0 Å². The minimum atomic E-state index is -1.06. The highest BCUT2D eigenvalue weighted by Gasteiger charge is 2.31. The van der Waals surface area contributed by atoms with Crippen LogP contribution in [-0.4, -0.2) is 32.5 Å². The summed E-state index contributed by atoms with van der Waals surface area (Å²) in [5, 5.41) is 3.23. The van der Waals surface area contributed by atoms with Gasteiger partial charge in [-0.05, 0) is 61.9 Å². The number of nitrogens with one attached hydrogen (secondary N) is 1. The molecule has 0 saturated carbocycles. The predicted molar refractivity (Wildman–Crippen MR) is 189 cm³/mol. The molecule has 0 fully saturated rings. The van der Waals surface area contributed by atoms with Gasteiger partial charge in [0.2, 0.25) is 11.3 Å². The molecule has 3 aromatic carbocycles. The van der Waals surface area contributed by atoms with E-state index in [4.69, 9.17) is 0 Å². The molecule has 2 heterocycles. The molecule has 0 atom stereocenters. The van der Waals surface area contributed by atoms with Crippen molar-refractivity contribution in [1.29, 1.82) is 0 Å². The van der Waals surface area contributed by atoms with Gasteiger partial charge in [-0.25, -0.2) is 8.78 Å². The van der Waals surface area contributed by atoms with Crippen molar-refractivity contribution in [2.24, 2.45) is 5.92 Å². The molecule has 0 radical (unpaired) electrons. The maximum absolute atomic E-state index is 14.9. The lowest BCUT2D eigenvalue weighted by atomic mass is 9.98. The van der Waals surface area contributed by atoms with Gasteiger partial charge in [-0.1, -0.05) is 78.3 Å². The van der Waals surface area contributed by atoms with Gasteiger partial charge in [0.25, 0.3) is 0 Å². The number of hydrogen-bond acceptors (Lipinski definition) is 5. The van der Waals surface area contributed by atoms with Gasteiger partial charge in [-0.15, -0.1) is 11.3 Å². The molecule has 0 aliphatic rings. The molecule has 244 valence electrons. The fourth-order valence-electron chi connectivity index (χ4n) is 5.35. The van der Waals surface area contributed by atoms with Crippen LogP contribution in [0.4, 0.5) is 14.5 Å². The van der Waals surface area contributed by atoms with E-state index in [0.29, 0.717) is 34.6 Å². The van der Waals surface area contributed by atoms with E-state index in [2.05, 4.69) is 26.1 Å². The monoisotopic (exact) mass is 719 g/mol. The van der Waals surface area contributed by atoms with Crippen molar-refractivity contribution < 1.29 is 18.4 Å². The summed E-state index contributed by atoms with van der Waals surface area (Å²) < 4.78 is 30.4. The average Bonchev–Trinajstić information content (AvgIpc) is 3.39. The number of aromatic nitrogens is 1. The summed E-state index contributed by atoms with van der Waals surface area (Å²) in [7, 11) is 1.95. The maximum Gasteiger partial charge on any atom is 0.226 e. The van der Waals surface area contributed by atoms with Crippen LogP contribution >= 0.6 is 27.3 Å². The number of benzene rings is 3. The van der Waals surface area contributed by atoms with Crippen LogP contribution in [-0.2, 0) is 24.4 Å². The number of nitrogens with zero attached hydrogens (tertiary/aromatic N) is 2. The average molecular weight is 721 g/mol. The second kappa shape index (κ2) is 14.0. The summed E-state index contributed by atoms with van der Waals surface area (Å²) in [4.78, 5) is 43.6. The van der Waals surface area contributed by atoms with Crippen molar-refractivity contribution in [3.8, 4) is 10.4 Å². The number of anilines is 1. The van der Waals surface area contributed by atoms with Crippen molar-refractivity contribution in [3.05, 3.63) is 123 Å². The highest BCUT2D eigenvalue weighted by Crippen LogP contribution is 2.40. The summed E-state index contributed by atoms with van der Waals surface area (Å²) in [5.74, 6) is -2.16. The van der Waals surface area contributed by atoms with Crippen LogP contribution < -0.4 is 10.7 Å². The molecule has 0 aliphatic heterocycles. The Morgan fingerprint density at radius 1 is 0.936 bits per heavy atom. The molecule has 10 heteroatoms. The SMILES string of the molecule is CC(C)C(=O)Nc1ccc(-c2sc3c(c2CN(C)Cc2ccccc2)c(=O)c(C(=O)C(C)(C)Br)cn3Cc2c(F)cccc2F)cc1. The fraction of sp³-hybridized carbons (Fsp3) is 0.270. The second-order valence-corrected chi connectivity index (χ2v) is 15.5. The number of thiophene rings is 1. The van der Waals surface area contributed by atoms with Crippen LogP contribution in [0.2, 0.25) is 0 Å². The lowest BCUT2D eigenvalue weighted by molar-refractivity contribution is -0.118. The molecule has 5 rings (SSSR count). The van der Waals surface area contributed by atoms with Gasteiger partial charge in [0, 0.05) is 41.3 Å². The van der Waals surface area contributed by atoms with E-state index < -0.39 is 27.2 Å². The normalized spacial score (nSPS) is 11.9. The van der Waals surface area contributed by atoms with Crippen LogP contribution in [0.3, 0.4) is 0 Å². The quantitative estimate of drug-likeness (QED) is 0.110. The lowest BCUT2D eigenvalue weighted by Gasteiger charge is -2.19. The zero-order valence-corrected chi connectivity index (χ0v) is 29.3. The number of amides is 1. The van der Waals surface area contributed by atoms with E-state index >= 15 is 0 Å². The zero-order valence-electron chi connectivity index (χ0n) is 26.9. The minimum absolute atomic E-state index is 0.0702. The minimum Gasteiger partial charge on any atom is -0.334 e. The van der Waals surface area contributed by atoms with Gasteiger partial charge < -0.3 is 9.88 Å². The number of hydrogen-bond donors (Lipinski definition) is 1. The van der Waals surface area contributed by atoms with Gasteiger partial charge in [-0.3, -0.25) is 19.3 Å². The number of carbonyl (C=O) groups excluding carboxylic acids is 2. The molecular weight excluding hydrogens is 684 g/mol. The molecule has 0 unspecified atom stereocenters. The summed E-state index contributed by atoms with van der Waals surface area (Å²) in [5.41, 5.74) is 2.56. The highest BCUT2D eigenvalue weighted by atomic mass is 79.9. The first kappa shape index (κ1) is 34.3. The van der Waals surface area contributed by atoms with Crippen LogP contribution in [0.1, 0.15) is 54.7 Å². The largest absolute Gasteiger partial charge is 0.334 e. The zero-order chi connectivity index (χ0) is 34.0. The van der Waals surface area contributed by atoms with E-state index in [0.717, 1.165) is 16.0 Å². The van der Waals surface area contributed by atoms with Crippen LogP contribution in [0.25, 0.3) is 20.7 Å². The van der Waals surface area contributed by atoms with E-state index in [-0.39, 0.29) is 29.5 Å². The lowest BCUT2D eigenvalue weighted by Crippen LogP contribution is -2.31. The van der Waals surface area contributed by atoms with Gasteiger partial charge in [0.1, 0.15) is 16.5 Å². The topological polar surface area (TPSA) is 71.4 Å². The standard InChI is InChI=1S/C37H36BrF2N3O3S/c1-22(2)35(46)41-25-16-14-24(15-17-25)33-27(19-42(5)18-23-10-7-6-8-11-23)31-32(44)28(34(45)37(3,4)38)21-43(36(31)47-33)20-26-29(39)12-9-13-30(26)40/h6-17,21-22H,18-20H2,1-5H3,(H,41,46). The van der Waals surface area contributed by atoms with E-state index in [1.807, 2.05) is 63.4 Å². The summed E-state index contributed by atoms with van der Waals surface area (Å²) >= 11 is 4.74. The van der Waals surface area contributed by atoms with Gasteiger partial charge in [0.05, 0.1) is 21.8 Å². The number of halogens is 3. The number of pyridine rings is 1. The molecular formula is C37H36BrF2N3O3S. The Hall–Kier alpha value is -3.99. The van der Waals surface area contributed by atoms with Crippen LogP contribution in [0, 0.1) is 17.6 Å². The number of Topliss-reactive ketones (excluding diaryl/α,β-unsaturated/α-hetero) is 1. The molecule has 47 heavy (non-hydrogen) atoms. The molecule has 0 aliphatic carbocycles. The smallest absolute Gasteiger partial charge is 0.226 e. The Balaban J connectivity index is 1.74. The van der Waals surface area contributed by atoms with Crippen LogP contribution in [0.5, 0.6) is 0 Å². The number of rotatable bonds is 11. The molecule has 2 aromatic heterocycles. The summed E-state index contributed by atoms with van der Waals surface area (Å²) in [6.45, 7) is 7.68. The summed E-state index contributed by atoms with van der Waals surface area (Å²) in [6, 6.07) is 21.0. The summed E-state index contributed by atoms with van der Waals surface area (Å²) in [6.07, 6.45) is 1.42. The Labute approximate surface area is 285 Å². The van der Waals surface area contributed by atoms with Crippen molar-refractivity contribution >= 4 is 54.9 Å².